The van der Waals surface area contributed by atoms with Gasteiger partial charge in [-0.3, -0.25) is 14.4 Å². The summed E-state index contributed by atoms with van der Waals surface area (Å²) in [4.78, 5) is 28.4. The monoisotopic (exact) mass is 552 g/mol. The largest absolute Gasteiger partial charge is 0.462 e. The molecule has 0 bridgehead atoms. The number of nitrogens with one attached hydrogen (secondary N) is 1. The van der Waals surface area contributed by atoms with Crippen molar-refractivity contribution in [1.82, 2.24) is 9.78 Å². The lowest BCUT2D eigenvalue weighted by atomic mass is 9.82. The number of benzene rings is 2. The molecule has 3 aromatic rings. The number of ether oxygens (including phenoxy) is 1. The van der Waals surface area contributed by atoms with Crippen molar-refractivity contribution in [3.63, 3.8) is 0 Å². The Labute approximate surface area is 230 Å². The SMILES string of the molecule is CCOC(=O)c1cn(-c2ccc(NS(=O)(=O)c3ccccc3)cc2)nc1N(C(=O)[C@H]1CC[C@H](C)CC1)C(C)C. The van der Waals surface area contributed by atoms with Crippen molar-refractivity contribution in [2.75, 3.05) is 16.2 Å². The molecular formula is C29H36N4O5S. The van der Waals surface area contributed by atoms with Gasteiger partial charge in [0.25, 0.3) is 10.0 Å². The third-order valence-corrected chi connectivity index (χ3v) is 8.37. The molecule has 0 saturated heterocycles. The first-order valence-electron chi connectivity index (χ1n) is 13.4. The van der Waals surface area contributed by atoms with E-state index in [9.17, 15) is 18.0 Å². The molecule has 39 heavy (non-hydrogen) atoms. The van der Waals surface area contributed by atoms with Crippen LogP contribution < -0.4 is 9.62 Å². The van der Waals surface area contributed by atoms with Gasteiger partial charge in [-0.2, -0.15) is 0 Å². The zero-order valence-corrected chi connectivity index (χ0v) is 23.6. The molecule has 1 aliphatic rings. The van der Waals surface area contributed by atoms with Gasteiger partial charge >= 0.3 is 5.97 Å². The Morgan fingerprint density at radius 1 is 1.05 bits per heavy atom. The molecule has 1 fully saturated rings. The highest BCUT2D eigenvalue weighted by Gasteiger charge is 2.34. The fourth-order valence-electron chi connectivity index (χ4n) is 4.83. The molecule has 9 nitrogen and oxygen atoms in total. The zero-order chi connectivity index (χ0) is 28.2. The van der Waals surface area contributed by atoms with Crippen molar-refractivity contribution < 1.29 is 22.7 Å². The number of carbonyl (C=O) groups is 2. The summed E-state index contributed by atoms with van der Waals surface area (Å²) in [6.45, 7) is 7.94. The van der Waals surface area contributed by atoms with Crippen molar-refractivity contribution in [2.45, 2.75) is 64.3 Å². The summed E-state index contributed by atoms with van der Waals surface area (Å²) >= 11 is 0. The molecule has 1 amide bonds. The molecule has 0 aliphatic heterocycles. The average Bonchev–Trinajstić information content (AvgIpc) is 3.35. The third-order valence-electron chi connectivity index (χ3n) is 6.97. The first-order chi connectivity index (χ1) is 18.6. The van der Waals surface area contributed by atoms with E-state index in [2.05, 4.69) is 16.7 Å². The van der Waals surface area contributed by atoms with E-state index in [0.717, 1.165) is 25.7 Å². The second kappa shape index (κ2) is 12.0. The standard InChI is InChI=1S/C29H36N4O5S/c1-5-38-29(35)26-19-32(30-27(26)33(20(2)3)28(34)22-13-11-21(4)12-14-22)24-17-15-23(16-18-24)31-39(36,37)25-9-7-6-8-10-25/h6-10,15-22,31H,5,11-14H2,1-4H3/t21-,22-. The Bertz CT molecular complexity index is 1390. The number of anilines is 2. The lowest BCUT2D eigenvalue weighted by Crippen LogP contribution is -2.43. The van der Waals surface area contributed by atoms with E-state index >= 15 is 0 Å². The van der Waals surface area contributed by atoms with Crippen molar-refractivity contribution in [1.29, 1.82) is 0 Å². The zero-order valence-electron chi connectivity index (χ0n) is 22.8. The van der Waals surface area contributed by atoms with Gasteiger partial charge in [-0.05, 0) is 88.8 Å². The van der Waals surface area contributed by atoms with E-state index < -0.39 is 16.0 Å². The topological polar surface area (TPSA) is 111 Å². The molecule has 1 aliphatic carbocycles. The summed E-state index contributed by atoms with van der Waals surface area (Å²) in [6, 6.07) is 14.5. The normalized spacial score (nSPS) is 17.6. The molecule has 0 atom stereocenters. The summed E-state index contributed by atoms with van der Waals surface area (Å²) in [5.41, 5.74) is 1.18. The number of rotatable bonds is 9. The van der Waals surface area contributed by atoms with Crippen molar-refractivity contribution in [3.8, 4) is 5.69 Å². The van der Waals surface area contributed by atoms with Crippen molar-refractivity contribution >= 4 is 33.4 Å². The number of nitrogens with zero attached hydrogens (tertiary/aromatic N) is 3. The van der Waals surface area contributed by atoms with E-state index in [4.69, 9.17) is 4.74 Å². The number of aromatic nitrogens is 2. The maximum atomic E-state index is 13.7. The van der Waals surface area contributed by atoms with Crippen LogP contribution in [0.25, 0.3) is 5.69 Å². The van der Waals surface area contributed by atoms with Gasteiger partial charge in [0.05, 0.1) is 17.2 Å². The van der Waals surface area contributed by atoms with Gasteiger partial charge < -0.3 is 4.74 Å². The Balaban J connectivity index is 1.64. The quantitative estimate of drug-likeness (QED) is 0.355. The minimum Gasteiger partial charge on any atom is -0.462 e. The molecule has 4 rings (SSSR count). The number of carbonyl (C=O) groups excluding carboxylic acids is 2. The highest BCUT2D eigenvalue weighted by atomic mass is 32.2. The van der Waals surface area contributed by atoms with E-state index in [1.807, 2.05) is 13.8 Å². The number of sulfonamides is 1. The first-order valence-corrected chi connectivity index (χ1v) is 14.9. The molecule has 208 valence electrons. The van der Waals surface area contributed by atoms with Gasteiger partial charge in [-0.1, -0.05) is 25.1 Å². The van der Waals surface area contributed by atoms with E-state index in [1.54, 1.807) is 60.5 Å². The molecule has 1 N–H and O–H groups in total. The Morgan fingerprint density at radius 3 is 2.28 bits per heavy atom. The predicted molar refractivity (Wildman–Crippen MR) is 151 cm³/mol. The molecule has 0 radical (unpaired) electrons. The van der Waals surface area contributed by atoms with Gasteiger partial charge in [0.2, 0.25) is 5.91 Å². The second-order valence-corrected chi connectivity index (χ2v) is 11.9. The highest BCUT2D eigenvalue weighted by Crippen LogP contribution is 2.33. The van der Waals surface area contributed by atoms with Gasteiger partial charge in [0.15, 0.2) is 5.82 Å². The third kappa shape index (κ3) is 6.50. The maximum Gasteiger partial charge on any atom is 0.343 e. The number of amides is 1. The molecule has 1 heterocycles. The number of esters is 1. The second-order valence-electron chi connectivity index (χ2n) is 10.3. The van der Waals surface area contributed by atoms with Crippen LogP contribution in [0.1, 0.15) is 63.7 Å². The fourth-order valence-corrected chi connectivity index (χ4v) is 5.91. The van der Waals surface area contributed by atoms with E-state index in [0.29, 0.717) is 17.3 Å². The average molecular weight is 553 g/mol. The smallest absolute Gasteiger partial charge is 0.343 e. The number of hydrogen-bond acceptors (Lipinski definition) is 6. The minimum atomic E-state index is -3.73. The summed E-state index contributed by atoms with van der Waals surface area (Å²) < 4.78 is 34.7. The highest BCUT2D eigenvalue weighted by molar-refractivity contribution is 7.92. The van der Waals surface area contributed by atoms with Gasteiger partial charge in [-0.25, -0.2) is 17.9 Å². The molecule has 2 aromatic carbocycles. The van der Waals surface area contributed by atoms with Crippen molar-refractivity contribution in [3.05, 3.63) is 66.4 Å². The van der Waals surface area contributed by atoms with Crippen LogP contribution in [0.4, 0.5) is 11.5 Å². The lowest BCUT2D eigenvalue weighted by molar-refractivity contribution is -0.124. The Morgan fingerprint density at radius 2 is 1.69 bits per heavy atom. The number of hydrogen-bond donors (Lipinski definition) is 1. The molecule has 1 saturated carbocycles. The van der Waals surface area contributed by atoms with Crippen molar-refractivity contribution in [2.24, 2.45) is 11.8 Å². The Kier molecular flexibility index (Phi) is 8.74. The Hall–Kier alpha value is -3.66. The van der Waals surface area contributed by atoms with Crippen LogP contribution in [-0.2, 0) is 19.6 Å². The molecule has 0 spiro atoms. The summed E-state index contributed by atoms with van der Waals surface area (Å²) in [5, 5.41) is 4.67. The van der Waals surface area contributed by atoms with Crippen LogP contribution in [0.5, 0.6) is 0 Å². The minimum absolute atomic E-state index is 0.0293. The molecular weight excluding hydrogens is 516 g/mol. The van der Waals surface area contributed by atoms with Crippen LogP contribution in [0.3, 0.4) is 0 Å². The van der Waals surface area contributed by atoms with Gasteiger partial charge in [-0.15, -0.1) is 5.10 Å². The van der Waals surface area contributed by atoms with Crippen LogP contribution in [0, 0.1) is 11.8 Å². The van der Waals surface area contributed by atoms with Crippen LogP contribution in [0.15, 0.2) is 65.7 Å². The fraction of sp³-hybridized carbons (Fsp3) is 0.414. The van der Waals surface area contributed by atoms with Crippen LogP contribution >= 0.6 is 0 Å². The lowest BCUT2D eigenvalue weighted by Gasteiger charge is -2.32. The summed E-state index contributed by atoms with van der Waals surface area (Å²) in [7, 11) is -3.73. The molecule has 0 unspecified atom stereocenters. The summed E-state index contributed by atoms with van der Waals surface area (Å²) in [6.07, 6.45) is 5.20. The molecule has 1 aromatic heterocycles. The van der Waals surface area contributed by atoms with Gasteiger partial charge in [0, 0.05) is 23.8 Å². The first kappa shape index (κ1) is 28.4. The predicted octanol–water partition coefficient (Wildman–Crippen LogP) is 5.42. The van der Waals surface area contributed by atoms with Crippen LogP contribution in [-0.4, -0.2) is 42.7 Å². The molecule has 10 heteroatoms. The van der Waals surface area contributed by atoms with Crippen LogP contribution in [0.2, 0.25) is 0 Å². The maximum absolute atomic E-state index is 13.7. The van der Waals surface area contributed by atoms with E-state index in [1.165, 1.54) is 16.8 Å². The van der Waals surface area contributed by atoms with E-state index in [-0.39, 0.29) is 40.8 Å². The van der Waals surface area contributed by atoms with Gasteiger partial charge in [0.1, 0.15) is 5.56 Å². The summed E-state index contributed by atoms with van der Waals surface area (Å²) in [5.74, 6) is 0.178.